The van der Waals surface area contributed by atoms with Gasteiger partial charge in [0.05, 0.1) is 17.0 Å². The van der Waals surface area contributed by atoms with Crippen molar-refractivity contribution in [2.75, 3.05) is 22.8 Å². The van der Waals surface area contributed by atoms with Gasteiger partial charge in [-0.2, -0.15) is 0 Å². The Hall–Kier alpha value is -3.35. The van der Waals surface area contributed by atoms with Crippen molar-refractivity contribution in [3.05, 3.63) is 70.4 Å². The number of sulfonamides is 1. The van der Waals surface area contributed by atoms with Crippen LogP contribution in [0.5, 0.6) is 0 Å². The van der Waals surface area contributed by atoms with E-state index in [9.17, 15) is 17.6 Å². The summed E-state index contributed by atoms with van der Waals surface area (Å²) in [5.41, 5.74) is 2.87. The molecule has 1 aromatic carbocycles. The molecule has 5 rings (SSSR count). The van der Waals surface area contributed by atoms with Crippen molar-refractivity contribution >= 4 is 45.0 Å². The molecule has 13 heteroatoms. The highest BCUT2D eigenvalue weighted by molar-refractivity contribution is 7.92. The normalized spacial score (nSPS) is 19.7. The minimum absolute atomic E-state index is 0.00689. The van der Waals surface area contributed by atoms with Crippen molar-refractivity contribution in [2.24, 2.45) is 0 Å². The molecule has 3 aromatic rings. The Morgan fingerprint density at radius 2 is 2.00 bits per heavy atom. The van der Waals surface area contributed by atoms with Gasteiger partial charge in [-0.25, -0.2) is 27.8 Å². The predicted octanol–water partition coefficient (Wildman–Crippen LogP) is 3.79. The maximum absolute atomic E-state index is 13.8. The first-order valence-corrected chi connectivity index (χ1v) is 14.4. The lowest BCUT2D eigenvalue weighted by Gasteiger charge is -2.41. The van der Waals surface area contributed by atoms with E-state index < -0.39 is 15.8 Å². The van der Waals surface area contributed by atoms with Crippen LogP contribution < -0.4 is 10.0 Å². The van der Waals surface area contributed by atoms with Crippen LogP contribution in [0.4, 0.5) is 21.8 Å². The summed E-state index contributed by atoms with van der Waals surface area (Å²) in [6, 6.07) is 7.76. The van der Waals surface area contributed by atoms with Gasteiger partial charge in [-0.3, -0.25) is 14.4 Å². The van der Waals surface area contributed by atoms with Crippen molar-refractivity contribution in [3.63, 3.8) is 0 Å². The number of nitrogens with one attached hydrogen (secondary N) is 2. The Labute approximate surface area is 225 Å². The molecule has 2 aliphatic rings. The molecule has 0 bridgehead atoms. The number of likely N-dealkylation sites (tertiary alicyclic amines) is 1. The monoisotopic (exact) mass is 559 g/mol. The van der Waals surface area contributed by atoms with Gasteiger partial charge < -0.3 is 10.2 Å². The first-order valence-electron chi connectivity index (χ1n) is 12.1. The molecule has 4 heterocycles. The minimum Gasteiger partial charge on any atom is -0.336 e. The van der Waals surface area contributed by atoms with Gasteiger partial charge in [0.2, 0.25) is 16.0 Å². The Bertz CT molecular complexity index is 1490. The summed E-state index contributed by atoms with van der Waals surface area (Å²) in [7, 11) is -3.49. The van der Waals surface area contributed by atoms with Crippen molar-refractivity contribution in [1.82, 2.24) is 24.8 Å². The van der Waals surface area contributed by atoms with Gasteiger partial charge in [-0.1, -0.05) is 11.6 Å². The average Bonchev–Trinajstić information content (AvgIpc) is 3.28. The van der Waals surface area contributed by atoms with E-state index in [1.54, 1.807) is 18.3 Å². The fourth-order valence-electron chi connectivity index (χ4n) is 4.96. The van der Waals surface area contributed by atoms with Gasteiger partial charge in [0, 0.05) is 60.9 Å². The number of benzene rings is 1. The molecule has 38 heavy (non-hydrogen) atoms. The van der Waals surface area contributed by atoms with E-state index in [0.29, 0.717) is 30.3 Å². The fraction of sp³-hybridized carbons (Fsp3) is 0.360. The van der Waals surface area contributed by atoms with E-state index in [-0.39, 0.29) is 28.8 Å². The van der Waals surface area contributed by atoms with Gasteiger partial charge in [-0.15, -0.1) is 0 Å². The van der Waals surface area contributed by atoms with Gasteiger partial charge >= 0.3 is 0 Å². The number of nitrogens with zero attached hydrogens (tertiary/aromatic N) is 5. The summed E-state index contributed by atoms with van der Waals surface area (Å²) in [6.07, 6.45) is 5.85. The number of hydrogen-bond acceptors (Lipinski definition) is 8. The molecular formula is C25H27ClFN7O3S. The highest BCUT2D eigenvalue weighted by Gasteiger charge is 2.35. The van der Waals surface area contributed by atoms with Crippen LogP contribution in [0.1, 0.15) is 41.4 Å². The molecule has 0 radical (unpaired) electrons. The fourth-order valence-corrected chi connectivity index (χ4v) is 5.56. The number of pyridine rings is 1. The first kappa shape index (κ1) is 26.3. The van der Waals surface area contributed by atoms with Crippen LogP contribution in [0.3, 0.4) is 0 Å². The zero-order valence-corrected chi connectivity index (χ0v) is 22.4. The molecule has 1 saturated heterocycles. The summed E-state index contributed by atoms with van der Waals surface area (Å²) < 4.78 is 39.1. The van der Waals surface area contributed by atoms with E-state index in [0.717, 1.165) is 36.9 Å². The molecule has 2 N–H and O–H groups in total. The van der Waals surface area contributed by atoms with Gasteiger partial charge in [-0.05, 0) is 50.1 Å². The third-order valence-electron chi connectivity index (χ3n) is 6.78. The average molecular weight is 560 g/mol. The molecule has 200 valence electrons. The Morgan fingerprint density at radius 3 is 2.74 bits per heavy atom. The van der Waals surface area contributed by atoms with E-state index in [1.165, 1.54) is 24.4 Å². The second kappa shape index (κ2) is 10.4. The summed E-state index contributed by atoms with van der Waals surface area (Å²) >= 11 is 5.76. The highest BCUT2D eigenvalue weighted by atomic mass is 35.5. The van der Waals surface area contributed by atoms with E-state index in [1.807, 2.05) is 11.8 Å². The minimum atomic E-state index is -3.49. The van der Waals surface area contributed by atoms with Crippen LogP contribution in [0.2, 0.25) is 5.02 Å². The molecule has 1 amide bonds. The van der Waals surface area contributed by atoms with Gasteiger partial charge in [0.1, 0.15) is 11.6 Å². The second-order valence-electron chi connectivity index (χ2n) is 9.65. The lowest BCUT2D eigenvalue weighted by Crippen LogP contribution is -2.50. The molecule has 2 atom stereocenters. The molecular weight excluding hydrogens is 533 g/mol. The van der Waals surface area contributed by atoms with E-state index in [4.69, 9.17) is 11.6 Å². The lowest BCUT2D eigenvalue weighted by molar-refractivity contribution is 0.0460. The summed E-state index contributed by atoms with van der Waals surface area (Å²) in [5, 5.41) is 3.08. The number of aromatic nitrogens is 3. The SMILES string of the molecule is C[C@@H]1C[C@@H](N2Cc3cnc(Nc4ccc(Cl)c(F)c4)nc3C2)CCN1C(=O)c1ccnc(NS(C)(=O)=O)c1. The molecule has 10 nitrogen and oxygen atoms in total. The topological polar surface area (TPSA) is 120 Å². The van der Waals surface area contributed by atoms with Gasteiger partial charge in [0.25, 0.3) is 5.91 Å². The molecule has 0 aliphatic carbocycles. The van der Waals surface area contributed by atoms with Crippen molar-refractivity contribution in [2.45, 2.75) is 44.9 Å². The Kier molecular flexibility index (Phi) is 7.21. The maximum Gasteiger partial charge on any atom is 0.254 e. The number of halogens is 2. The number of rotatable bonds is 6. The van der Waals surface area contributed by atoms with Crippen LogP contribution in [0.15, 0.2) is 42.7 Å². The van der Waals surface area contributed by atoms with E-state index in [2.05, 4.69) is 29.9 Å². The number of carbonyl (C=O) groups excluding carboxylic acids is 1. The summed E-state index contributed by atoms with van der Waals surface area (Å²) in [6.45, 7) is 3.99. The Morgan fingerprint density at radius 1 is 1.18 bits per heavy atom. The van der Waals surface area contributed by atoms with Crippen molar-refractivity contribution in [1.29, 1.82) is 0 Å². The third kappa shape index (κ3) is 5.87. The summed E-state index contributed by atoms with van der Waals surface area (Å²) in [5.74, 6) is -0.159. The zero-order chi connectivity index (χ0) is 27.0. The number of fused-ring (bicyclic) bond motifs is 1. The zero-order valence-electron chi connectivity index (χ0n) is 20.9. The molecule has 2 aromatic heterocycles. The Balaban J connectivity index is 1.21. The number of piperidine rings is 1. The van der Waals surface area contributed by atoms with Crippen LogP contribution in [-0.2, 0) is 23.1 Å². The number of hydrogen-bond donors (Lipinski definition) is 2. The molecule has 0 spiro atoms. The maximum atomic E-state index is 13.8. The number of anilines is 3. The first-order chi connectivity index (χ1) is 18.1. The van der Waals surface area contributed by atoms with E-state index >= 15 is 0 Å². The van der Waals surface area contributed by atoms with Crippen molar-refractivity contribution in [3.8, 4) is 0 Å². The molecule has 0 saturated carbocycles. The second-order valence-corrected chi connectivity index (χ2v) is 11.8. The van der Waals surface area contributed by atoms with Crippen LogP contribution in [-0.4, -0.2) is 64.0 Å². The van der Waals surface area contributed by atoms with Crippen LogP contribution in [0.25, 0.3) is 0 Å². The smallest absolute Gasteiger partial charge is 0.254 e. The standard InChI is InChI=1S/C25H27ClFN7O3S/c1-15-9-19(6-8-34(15)24(35)16-5-7-28-23(10-16)32-38(2,36)37)33-13-17-12-29-25(31-22(17)14-33)30-18-3-4-20(26)21(27)11-18/h3-5,7,10-12,15,19H,6,8-9,13-14H2,1-2H3,(H,28,32)(H,29,30,31)/t15-,19+/m1/s1. The lowest BCUT2D eigenvalue weighted by atomic mass is 9.96. The molecule has 2 aliphatic heterocycles. The largest absolute Gasteiger partial charge is 0.336 e. The van der Waals surface area contributed by atoms with Crippen LogP contribution in [0, 0.1) is 5.82 Å². The number of carbonyl (C=O) groups is 1. The molecule has 1 fully saturated rings. The van der Waals surface area contributed by atoms with Crippen molar-refractivity contribution < 1.29 is 17.6 Å². The highest BCUT2D eigenvalue weighted by Crippen LogP contribution is 2.31. The quantitative estimate of drug-likeness (QED) is 0.468. The third-order valence-corrected chi connectivity index (χ3v) is 7.67. The van der Waals surface area contributed by atoms with Gasteiger partial charge in [0.15, 0.2) is 0 Å². The molecule has 0 unspecified atom stereocenters. The predicted molar refractivity (Wildman–Crippen MR) is 142 cm³/mol. The van der Waals surface area contributed by atoms with Crippen LogP contribution >= 0.6 is 11.6 Å². The summed E-state index contributed by atoms with van der Waals surface area (Å²) in [4.78, 5) is 30.4. The number of amides is 1.